The molecule has 3 rings (SSSR count). The van der Waals surface area contributed by atoms with Crippen LogP contribution in [0.1, 0.15) is 20.3 Å². The predicted molar refractivity (Wildman–Crippen MR) is 56.3 cm³/mol. The van der Waals surface area contributed by atoms with Gasteiger partial charge in [-0.05, 0) is 13.8 Å². The van der Waals surface area contributed by atoms with Crippen LogP contribution in [0.3, 0.4) is 0 Å². The third-order valence-electron chi connectivity index (χ3n) is 4.30. The highest BCUT2D eigenvalue weighted by atomic mass is 19.1. The van der Waals surface area contributed by atoms with Gasteiger partial charge >= 0.3 is 5.97 Å². The standard InChI is InChI=1S/C12H15FO5/c1-5-6(2)18-11(17-5)4-7(14)8-9(11)12(8,13)10(15)16-3/h5-6,8-9H,4H2,1-3H3/t5-,6-,8-,9-,12-/m0/s1. The molecule has 1 aliphatic heterocycles. The van der Waals surface area contributed by atoms with Crippen molar-refractivity contribution in [2.75, 3.05) is 7.11 Å². The minimum Gasteiger partial charge on any atom is -0.467 e. The van der Waals surface area contributed by atoms with E-state index in [2.05, 4.69) is 4.74 Å². The minimum atomic E-state index is -2.27. The maximum atomic E-state index is 14.5. The molecular weight excluding hydrogens is 243 g/mol. The van der Waals surface area contributed by atoms with Crippen molar-refractivity contribution in [3.63, 3.8) is 0 Å². The first-order valence-corrected chi connectivity index (χ1v) is 6.02. The molecule has 3 aliphatic rings. The van der Waals surface area contributed by atoms with Crippen LogP contribution in [0, 0.1) is 11.8 Å². The van der Waals surface area contributed by atoms with Crippen LogP contribution < -0.4 is 0 Å². The van der Waals surface area contributed by atoms with Crippen LogP contribution in [0.4, 0.5) is 4.39 Å². The number of carbonyl (C=O) groups is 2. The monoisotopic (exact) mass is 258 g/mol. The molecule has 0 aromatic rings. The molecule has 5 atom stereocenters. The Kier molecular flexibility index (Phi) is 2.21. The molecule has 0 bridgehead atoms. The van der Waals surface area contributed by atoms with Crippen LogP contribution in [0.2, 0.25) is 0 Å². The second kappa shape index (κ2) is 3.30. The van der Waals surface area contributed by atoms with Gasteiger partial charge in [-0.15, -0.1) is 0 Å². The molecule has 1 spiro atoms. The number of hydrogen-bond donors (Lipinski definition) is 0. The molecule has 0 aromatic carbocycles. The molecule has 2 aliphatic carbocycles. The SMILES string of the molecule is COC(=O)[C@]1(F)[C@H]2C(=O)CC3(O[C@@H](C)[C@H](C)O3)[C@H]21. The zero-order chi connectivity index (χ0) is 13.3. The number of rotatable bonds is 1. The molecule has 18 heavy (non-hydrogen) atoms. The van der Waals surface area contributed by atoms with E-state index in [0.717, 1.165) is 7.11 Å². The summed E-state index contributed by atoms with van der Waals surface area (Å²) in [5.41, 5.74) is -2.27. The van der Waals surface area contributed by atoms with Gasteiger partial charge in [-0.2, -0.15) is 0 Å². The fraction of sp³-hybridized carbons (Fsp3) is 0.833. The Morgan fingerprint density at radius 1 is 1.39 bits per heavy atom. The highest BCUT2D eigenvalue weighted by Crippen LogP contribution is 2.68. The summed E-state index contributed by atoms with van der Waals surface area (Å²) in [5, 5.41) is 0. The van der Waals surface area contributed by atoms with Crippen molar-refractivity contribution in [2.45, 2.75) is 43.9 Å². The molecule has 1 heterocycles. The number of alkyl halides is 1. The van der Waals surface area contributed by atoms with Gasteiger partial charge in [0.05, 0.1) is 37.6 Å². The minimum absolute atomic E-state index is 0.0136. The second-order valence-electron chi connectivity index (χ2n) is 5.32. The first-order chi connectivity index (χ1) is 8.36. The van der Waals surface area contributed by atoms with Gasteiger partial charge in [0.2, 0.25) is 5.67 Å². The van der Waals surface area contributed by atoms with Crippen molar-refractivity contribution in [3.05, 3.63) is 0 Å². The largest absolute Gasteiger partial charge is 0.467 e. The van der Waals surface area contributed by atoms with Crippen LogP contribution in [-0.2, 0) is 23.8 Å². The smallest absolute Gasteiger partial charge is 0.344 e. The molecule has 5 nitrogen and oxygen atoms in total. The normalized spacial score (nSPS) is 48.3. The Morgan fingerprint density at radius 3 is 2.44 bits per heavy atom. The third kappa shape index (κ3) is 1.17. The van der Waals surface area contributed by atoms with Crippen molar-refractivity contribution in [2.24, 2.45) is 11.8 Å². The van der Waals surface area contributed by atoms with Gasteiger partial charge in [0, 0.05) is 0 Å². The number of fused-ring (bicyclic) bond motifs is 2. The van der Waals surface area contributed by atoms with Crippen molar-refractivity contribution in [3.8, 4) is 0 Å². The van der Waals surface area contributed by atoms with Gasteiger partial charge in [-0.3, -0.25) is 4.79 Å². The molecule has 0 radical (unpaired) electrons. The molecule has 6 heteroatoms. The number of Topliss-reactive ketones (excluding diaryl/α,β-unsaturated/α-hetero) is 1. The summed E-state index contributed by atoms with van der Waals surface area (Å²) >= 11 is 0. The molecule has 100 valence electrons. The van der Waals surface area contributed by atoms with Gasteiger partial charge in [0.1, 0.15) is 5.78 Å². The number of methoxy groups -OCH3 is 1. The lowest BCUT2D eigenvalue weighted by Gasteiger charge is -2.26. The zero-order valence-electron chi connectivity index (χ0n) is 10.4. The molecule has 0 aromatic heterocycles. The van der Waals surface area contributed by atoms with E-state index in [-0.39, 0.29) is 24.4 Å². The summed E-state index contributed by atoms with van der Waals surface area (Å²) in [7, 11) is 1.11. The van der Waals surface area contributed by atoms with E-state index in [1.807, 2.05) is 0 Å². The lowest BCUT2D eigenvalue weighted by Crippen LogP contribution is -2.41. The first kappa shape index (κ1) is 12.0. The number of carbonyl (C=O) groups excluding carboxylic acids is 2. The van der Waals surface area contributed by atoms with E-state index in [1.165, 1.54) is 0 Å². The summed E-state index contributed by atoms with van der Waals surface area (Å²) in [4.78, 5) is 23.3. The molecule has 0 amide bonds. The Labute approximate surface area is 104 Å². The van der Waals surface area contributed by atoms with E-state index >= 15 is 0 Å². The zero-order valence-corrected chi connectivity index (χ0v) is 10.4. The molecule has 3 fully saturated rings. The summed E-state index contributed by atoms with van der Waals surface area (Å²) in [6.45, 7) is 3.61. The van der Waals surface area contributed by atoms with Gasteiger partial charge in [0.25, 0.3) is 0 Å². The highest BCUT2D eigenvalue weighted by Gasteiger charge is 2.87. The van der Waals surface area contributed by atoms with Crippen LogP contribution in [0.15, 0.2) is 0 Å². The molecule has 2 saturated carbocycles. The van der Waals surface area contributed by atoms with Crippen LogP contribution >= 0.6 is 0 Å². The van der Waals surface area contributed by atoms with E-state index in [9.17, 15) is 14.0 Å². The van der Waals surface area contributed by atoms with E-state index in [4.69, 9.17) is 9.47 Å². The molecular formula is C12H15FO5. The second-order valence-corrected chi connectivity index (χ2v) is 5.32. The topological polar surface area (TPSA) is 61.8 Å². The van der Waals surface area contributed by atoms with E-state index < -0.39 is 29.3 Å². The number of ketones is 1. The molecule has 0 N–H and O–H groups in total. The van der Waals surface area contributed by atoms with Crippen molar-refractivity contribution >= 4 is 11.8 Å². The highest BCUT2D eigenvalue weighted by molar-refractivity contribution is 6.01. The maximum Gasteiger partial charge on any atom is 0.344 e. The summed E-state index contributed by atoms with van der Waals surface area (Å²) < 4.78 is 30.3. The van der Waals surface area contributed by atoms with Gasteiger partial charge < -0.3 is 14.2 Å². The Balaban J connectivity index is 1.93. The number of esters is 1. The third-order valence-corrected chi connectivity index (χ3v) is 4.30. The van der Waals surface area contributed by atoms with Crippen molar-refractivity contribution in [1.29, 1.82) is 0 Å². The predicted octanol–water partition coefficient (Wildman–Crippen LogP) is 0.607. The van der Waals surface area contributed by atoms with Crippen LogP contribution in [0.5, 0.6) is 0 Å². The van der Waals surface area contributed by atoms with Gasteiger partial charge in [-0.1, -0.05) is 0 Å². The van der Waals surface area contributed by atoms with Gasteiger partial charge in [-0.25, -0.2) is 9.18 Å². The van der Waals surface area contributed by atoms with Crippen LogP contribution in [-0.4, -0.2) is 42.5 Å². The summed E-state index contributed by atoms with van der Waals surface area (Å²) in [6, 6.07) is 0. The Bertz CT molecular complexity index is 426. The summed E-state index contributed by atoms with van der Waals surface area (Å²) in [6.07, 6.45) is -0.433. The number of ether oxygens (including phenoxy) is 3. The maximum absolute atomic E-state index is 14.5. The van der Waals surface area contributed by atoms with E-state index in [1.54, 1.807) is 13.8 Å². The number of hydrogen-bond acceptors (Lipinski definition) is 5. The molecule has 1 saturated heterocycles. The quantitative estimate of drug-likeness (QED) is 0.645. The summed E-state index contributed by atoms with van der Waals surface area (Å²) in [5.74, 6) is -4.44. The van der Waals surface area contributed by atoms with Gasteiger partial charge in [0.15, 0.2) is 5.79 Å². The molecule has 0 unspecified atom stereocenters. The Hall–Kier alpha value is -1.01. The lowest BCUT2D eigenvalue weighted by atomic mass is 10.0. The average molecular weight is 258 g/mol. The lowest BCUT2D eigenvalue weighted by molar-refractivity contribution is -0.197. The van der Waals surface area contributed by atoms with E-state index in [0.29, 0.717) is 0 Å². The van der Waals surface area contributed by atoms with Crippen molar-refractivity contribution < 1.29 is 28.2 Å². The Morgan fingerprint density at radius 2 is 1.94 bits per heavy atom. The number of halogens is 1. The fourth-order valence-electron chi connectivity index (χ4n) is 3.30. The van der Waals surface area contributed by atoms with Crippen molar-refractivity contribution in [1.82, 2.24) is 0 Å². The fourth-order valence-corrected chi connectivity index (χ4v) is 3.30. The van der Waals surface area contributed by atoms with Crippen LogP contribution in [0.25, 0.3) is 0 Å². The average Bonchev–Trinajstić information content (AvgIpc) is 2.73. The first-order valence-electron chi connectivity index (χ1n) is 6.02.